The maximum Gasteiger partial charge on any atom is 0.551 e. The van der Waals surface area contributed by atoms with Gasteiger partial charge in [0.15, 0.2) is 0 Å². The fourth-order valence-corrected chi connectivity index (χ4v) is 0.767. The predicted molar refractivity (Wildman–Crippen MR) is 28.4 cm³/mol. The number of hydrogen-bond donors (Lipinski definition) is 1. The van der Waals surface area contributed by atoms with Gasteiger partial charge >= 0.3 is 5.66 Å². The molecule has 0 amide bonds. The van der Waals surface area contributed by atoms with E-state index in [4.69, 9.17) is 0 Å². The zero-order valence-electron chi connectivity index (χ0n) is 5.02. The third-order valence-corrected chi connectivity index (χ3v) is 1.62. The second kappa shape index (κ2) is 1.87. The SMILES string of the molecule is O=[N+]([O-])C1([N+](=O)[O-])C[NH2+]C1. The summed E-state index contributed by atoms with van der Waals surface area (Å²) >= 11 is 0. The van der Waals surface area contributed by atoms with Crippen LogP contribution in [0.2, 0.25) is 0 Å². The van der Waals surface area contributed by atoms with Crippen LogP contribution in [0.1, 0.15) is 0 Å². The molecule has 0 bridgehead atoms. The number of nitrogens with zero attached hydrogens (tertiary/aromatic N) is 2. The minimum absolute atomic E-state index is 0.0486. The van der Waals surface area contributed by atoms with Crippen molar-refractivity contribution in [2.45, 2.75) is 5.66 Å². The fourth-order valence-electron chi connectivity index (χ4n) is 0.767. The van der Waals surface area contributed by atoms with Gasteiger partial charge in [-0.25, -0.2) is 0 Å². The van der Waals surface area contributed by atoms with Crippen molar-refractivity contribution in [1.29, 1.82) is 0 Å². The third-order valence-electron chi connectivity index (χ3n) is 1.62. The predicted octanol–water partition coefficient (Wildman–Crippen LogP) is -2.19. The molecule has 0 unspecified atom stereocenters. The molecule has 0 aromatic rings. The first kappa shape index (κ1) is 6.87. The molecule has 1 aliphatic rings. The molecule has 0 aromatic carbocycles. The molecule has 1 aliphatic heterocycles. The van der Waals surface area contributed by atoms with Crippen molar-refractivity contribution < 1.29 is 15.2 Å². The molecular formula is C3H6N3O4+. The van der Waals surface area contributed by atoms with Gasteiger partial charge in [-0.1, -0.05) is 0 Å². The molecule has 2 N–H and O–H groups in total. The van der Waals surface area contributed by atoms with Crippen molar-refractivity contribution in [3.63, 3.8) is 0 Å². The van der Waals surface area contributed by atoms with Crippen molar-refractivity contribution in [1.82, 2.24) is 0 Å². The lowest BCUT2D eigenvalue weighted by Crippen LogP contribution is -3.05. The monoisotopic (exact) mass is 148 g/mol. The summed E-state index contributed by atoms with van der Waals surface area (Å²) < 4.78 is 0. The van der Waals surface area contributed by atoms with Gasteiger partial charge in [-0.2, -0.15) is 0 Å². The van der Waals surface area contributed by atoms with Crippen molar-refractivity contribution in [3.8, 4) is 0 Å². The van der Waals surface area contributed by atoms with Crippen molar-refractivity contribution in [2.75, 3.05) is 13.1 Å². The molecule has 7 nitrogen and oxygen atoms in total. The Morgan fingerprint density at radius 1 is 1.20 bits per heavy atom. The van der Waals surface area contributed by atoms with Gasteiger partial charge in [0.25, 0.3) is 0 Å². The molecule has 0 saturated carbocycles. The highest BCUT2D eigenvalue weighted by molar-refractivity contribution is 4.68. The Balaban J connectivity index is 2.78. The largest absolute Gasteiger partial charge is 0.551 e. The molecule has 0 aromatic heterocycles. The summed E-state index contributed by atoms with van der Waals surface area (Å²) in [5, 5.41) is 21.7. The lowest BCUT2D eigenvalue weighted by atomic mass is 10.1. The maximum absolute atomic E-state index is 10.1. The van der Waals surface area contributed by atoms with Crippen LogP contribution in [-0.4, -0.2) is 28.6 Å². The summed E-state index contributed by atoms with van der Waals surface area (Å²) in [5.41, 5.74) is -1.89. The number of quaternary nitrogens is 1. The van der Waals surface area contributed by atoms with E-state index >= 15 is 0 Å². The first-order valence-corrected chi connectivity index (χ1v) is 2.70. The quantitative estimate of drug-likeness (QED) is 0.273. The molecule has 0 aliphatic carbocycles. The summed E-state index contributed by atoms with van der Waals surface area (Å²) in [6, 6.07) is 0. The van der Waals surface area contributed by atoms with Gasteiger partial charge in [0, 0.05) is 0 Å². The molecule has 10 heavy (non-hydrogen) atoms. The molecule has 0 atom stereocenters. The molecule has 1 heterocycles. The minimum Gasteiger partial charge on any atom is -0.321 e. The Labute approximate surface area is 55.3 Å². The Morgan fingerprint density at radius 2 is 1.60 bits per heavy atom. The Bertz CT molecular complexity index is 170. The van der Waals surface area contributed by atoms with E-state index in [-0.39, 0.29) is 13.1 Å². The number of hydrogen-bond acceptors (Lipinski definition) is 4. The van der Waals surface area contributed by atoms with Crippen LogP contribution in [0, 0.1) is 20.2 Å². The Hall–Kier alpha value is -1.24. The van der Waals surface area contributed by atoms with Crippen LogP contribution in [0.4, 0.5) is 0 Å². The number of nitro groups is 2. The van der Waals surface area contributed by atoms with Crippen LogP contribution in [0.25, 0.3) is 0 Å². The summed E-state index contributed by atoms with van der Waals surface area (Å²) in [7, 11) is 0. The van der Waals surface area contributed by atoms with E-state index in [1.165, 1.54) is 5.32 Å². The normalized spacial score (nSPS) is 21.2. The topological polar surface area (TPSA) is 103 Å². The summed E-state index contributed by atoms with van der Waals surface area (Å²) in [5.74, 6) is 0. The molecule has 1 saturated heterocycles. The number of rotatable bonds is 2. The molecule has 0 radical (unpaired) electrons. The van der Waals surface area contributed by atoms with Gasteiger partial charge in [0.1, 0.15) is 9.85 Å². The molecule has 7 heteroatoms. The highest BCUT2D eigenvalue weighted by Crippen LogP contribution is 2.09. The number of nitrogens with two attached hydrogens (primary N) is 1. The van der Waals surface area contributed by atoms with E-state index in [9.17, 15) is 20.2 Å². The molecule has 0 spiro atoms. The van der Waals surface area contributed by atoms with Crippen LogP contribution in [0.15, 0.2) is 0 Å². The Morgan fingerprint density at radius 3 is 1.60 bits per heavy atom. The van der Waals surface area contributed by atoms with Gasteiger partial charge in [0.05, 0.1) is 0 Å². The van der Waals surface area contributed by atoms with Crippen molar-refractivity contribution in [3.05, 3.63) is 20.2 Å². The summed E-state index contributed by atoms with van der Waals surface area (Å²) in [4.78, 5) is 18.5. The van der Waals surface area contributed by atoms with E-state index in [2.05, 4.69) is 0 Å². The zero-order valence-corrected chi connectivity index (χ0v) is 5.02. The van der Waals surface area contributed by atoms with E-state index in [0.29, 0.717) is 0 Å². The van der Waals surface area contributed by atoms with Gasteiger partial charge in [0.2, 0.25) is 13.1 Å². The summed E-state index contributed by atoms with van der Waals surface area (Å²) in [6.07, 6.45) is 0. The highest BCUT2D eigenvalue weighted by Gasteiger charge is 2.67. The molecule has 1 rings (SSSR count). The van der Waals surface area contributed by atoms with E-state index in [0.717, 1.165) is 0 Å². The standard InChI is InChI=1S/C3H5N3O4/c7-5(8)3(6(9)10)1-4-2-3/h4H,1-2H2/p+1. The van der Waals surface area contributed by atoms with Gasteiger partial charge in [-0.3, -0.25) is 20.2 Å². The average molecular weight is 148 g/mol. The fraction of sp³-hybridized carbons (Fsp3) is 1.00. The van der Waals surface area contributed by atoms with Crippen molar-refractivity contribution in [2.24, 2.45) is 0 Å². The third kappa shape index (κ3) is 0.637. The van der Waals surface area contributed by atoms with Crippen LogP contribution in [0.5, 0.6) is 0 Å². The van der Waals surface area contributed by atoms with Gasteiger partial charge < -0.3 is 5.32 Å². The van der Waals surface area contributed by atoms with Crippen LogP contribution >= 0.6 is 0 Å². The van der Waals surface area contributed by atoms with Gasteiger partial charge in [-0.05, 0) is 0 Å². The van der Waals surface area contributed by atoms with Crippen LogP contribution < -0.4 is 5.32 Å². The molecule has 56 valence electrons. The smallest absolute Gasteiger partial charge is 0.321 e. The van der Waals surface area contributed by atoms with Crippen LogP contribution in [-0.2, 0) is 0 Å². The minimum atomic E-state index is -1.89. The first-order chi connectivity index (χ1) is 4.59. The zero-order chi connectivity index (χ0) is 7.78. The van der Waals surface area contributed by atoms with E-state index in [1.807, 2.05) is 0 Å². The highest BCUT2D eigenvalue weighted by atomic mass is 16.7. The van der Waals surface area contributed by atoms with E-state index < -0.39 is 15.5 Å². The Kier molecular flexibility index (Phi) is 1.29. The maximum atomic E-state index is 10.1. The second-order valence-corrected chi connectivity index (χ2v) is 2.19. The first-order valence-electron chi connectivity index (χ1n) is 2.70. The lowest BCUT2D eigenvalue weighted by Gasteiger charge is -2.20. The summed E-state index contributed by atoms with van der Waals surface area (Å²) in [6.45, 7) is -0.0972. The lowest BCUT2D eigenvalue weighted by molar-refractivity contribution is -0.932. The average Bonchev–Trinajstić information content (AvgIpc) is 1.57. The van der Waals surface area contributed by atoms with Gasteiger partial charge in [-0.15, -0.1) is 0 Å². The van der Waals surface area contributed by atoms with Crippen LogP contribution in [0.3, 0.4) is 0 Å². The van der Waals surface area contributed by atoms with E-state index in [1.54, 1.807) is 0 Å². The molecular weight excluding hydrogens is 142 g/mol. The molecule has 1 fully saturated rings. The van der Waals surface area contributed by atoms with Crippen molar-refractivity contribution >= 4 is 0 Å². The second-order valence-electron chi connectivity index (χ2n) is 2.19.